The number of fused-ring (bicyclic) bond motifs is 1. The van der Waals surface area contributed by atoms with Crippen molar-refractivity contribution in [2.75, 3.05) is 13.2 Å². The van der Waals surface area contributed by atoms with Crippen LogP contribution in [-0.4, -0.2) is 49.8 Å². The van der Waals surface area contributed by atoms with Crippen LogP contribution in [0.2, 0.25) is 0 Å². The topological polar surface area (TPSA) is 36.9 Å². The van der Waals surface area contributed by atoms with Crippen molar-refractivity contribution >= 4 is 0 Å². The third-order valence-corrected chi connectivity index (χ3v) is 2.86. The molecule has 2 rings (SSSR count). The quantitative estimate of drug-likeness (QED) is 0.731. The van der Waals surface area contributed by atoms with Crippen LogP contribution in [0.15, 0.2) is 0 Å². The average Bonchev–Trinajstić information content (AvgIpc) is 2.70. The van der Waals surface area contributed by atoms with E-state index in [0.717, 1.165) is 0 Å². The molecule has 0 spiro atoms. The van der Waals surface area contributed by atoms with Gasteiger partial charge in [-0.1, -0.05) is 0 Å². The molecule has 0 bridgehead atoms. The van der Waals surface area contributed by atoms with Gasteiger partial charge in [0.25, 0.3) is 0 Å². The molecular formula is C12H22O4. The third kappa shape index (κ3) is 2.56. The predicted octanol–water partition coefficient (Wildman–Crippen LogP) is 1.37. The molecule has 2 aliphatic rings. The van der Waals surface area contributed by atoms with Crippen LogP contribution < -0.4 is 0 Å². The first-order chi connectivity index (χ1) is 7.58. The molecule has 0 radical (unpaired) electrons. The first kappa shape index (κ1) is 12.3. The molecule has 4 nitrogen and oxygen atoms in total. The Bertz CT molecular complexity index is 205. The lowest BCUT2D eigenvalue weighted by molar-refractivity contribution is -0.0753. The molecule has 0 unspecified atom stereocenters. The normalized spacial score (nSPS) is 38.6. The summed E-state index contributed by atoms with van der Waals surface area (Å²) in [7, 11) is 0. The lowest BCUT2D eigenvalue weighted by Crippen LogP contribution is -2.35. The average molecular weight is 230 g/mol. The maximum absolute atomic E-state index is 5.77. The van der Waals surface area contributed by atoms with Crippen LogP contribution in [0.4, 0.5) is 0 Å². The summed E-state index contributed by atoms with van der Waals surface area (Å²) < 4.78 is 23.0. The maximum Gasteiger partial charge on any atom is 0.115 e. The molecule has 0 aromatic rings. The van der Waals surface area contributed by atoms with Crippen molar-refractivity contribution in [2.45, 2.75) is 64.3 Å². The Labute approximate surface area is 97.2 Å². The molecule has 2 fully saturated rings. The molecule has 2 heterocycles. The fourth-order valence-electron chi connectivity index (χ4n) is 2.36. The Morgan fingerprint density at radius 1 is 0.812 bits per heavy atom. The van der Waals surface area contributed by atoms with Gasteiger partial charge in [0.15, 0.2) is 0 Å². The van der Waals surface area contributed by atoms with Crippen LogP contribution in [0, 0.1) is 0 Å². The molecule has 94 valence electrons. The Hall–Kier alpha value is -0.160. The van der Waals surface area contributed by atoms with Gasteiger partial charge in [0, 0.05) is 0 Å². The summed E-state index contributed by atoms with van der Waals surface area (Å²) in [5.41, 5.74) is 0. The zero-order chi connectivity index (χ0) is 11.7. The summed E-state index contributed by atoms with van der Waals surface area (Å²) in [6.07, 6.45) is 0.635. The van der Waals surface area contributed by atoms with Gasteiger partial charge >= 0.3 is 0 Å². The summed E-state index contributed by atoms with van der Waals surface area (Å²) in [6.45, 7) is 9.36. The Morgan fingerprint density at radius 3 is 1.50 bits per heavy atom. The van der Waals surface area contributed by atoms with Crippen molar-refractivity contribution in [3.05, 3.63) is 0 Å². The largest absolute Gasteiger partial charge is 0.370 e. The summed E-state index contributed by atoms with van der Waals surface area (Å²) in [5.74, 6) is 0. The summed E-state index contributed by atoms with van der Waals surface area (Å²) >= 11 is 0. The van der Waals surface area contributed by atoms with E-state index in [0.29, 0.717) is 13.2 Å². The summed E-state index contributed by atoms with van der Waals surface area (Å²) in [4.78, 5) is 0. The highest BCUT2D eigenvalue weighted by atomic mass is 16.6. The van der Waals surface area contributed by atoms with Gasteiger partial charge in [0.1, 0.15) is 24.4 Å². The third-order valence-electron chi connectivity index (χ3n) is 2.86. The highest BCUT2D eigenvalue weighted by Gasteiger charge is 2.49. The number of hydrogen-bond acceptors (Lipinski definition) is 4. The minimum Gasteiger partial charge on any atom is -0.370 e. The van der Waals surface area contributed by atoms with E-state index in [1.54, 1.807) is 0 Å². The van der Waals surface area contributed by atoms with Crippen molar-refractivity contribution in [1.29, 1.82) is 0 Å². The van der Waals surface area contributed by atoms with E-state index in [1.165, 1.54) is 0 Å². The molecule has 2 aliphatic heterocycles. The van der Waals surface area contributed by atoms with Crippen molar-refractivity contribution in [2.24, 2.45) is 0 Å². The fourth-order valence-corrected chi connectivity index (χ4v) is 2.36. The molecule has 4 atom stereocenters. The van der Waals surface area contributed by atoms with E-state index in [2.05, 4.69) is 0 Å². The van der Waals surface area contributed by atoms with Gasteiger partial charge in [0.05, 0.1) is 25.4 Å². The molecule has 0 aromatic carbocycles. The molecule has 4 heteroatoms. The summed E-state index contributed by atoms with van der Waals surface area (Å²) in [5, 5.41) is 0. The zero-order valence-corrected chi connectivity index (χ0v) is 10.5. The van der Waals surface area contributed by atoms with Crippen LogP contribution in [0.5, 0.6) is 0 Å². The van der Waals surface area contributed by atoms with Gasteiger partial charge < -0.3 is 18.9 Å². The molecule has 0 saturated carbocycles. The lowest BCUT2D eigenvalue weighted by atomic mass is 10.1. The van der Waals surface area contributed by atoms with Crippen LogP contribution in [0.1, 0.15) is 27.7 Å². The van der Waals surface area contributed by atoms with Crippen molar-refractivity contribution in [3.63, 3.8) is 0 Å². The maximum atomic E-state index is 5.77. The highest BCUT2D eigenvalue weighted by Crippen LogP contribution is 2.31. The molecule has 0 N–H and O–H groups in total. The second-order valence-electron chi connectivity index (χ2n) is 5.04. The predicted molar refractivity (Wildman–Crippen MR) is 59.5 cm³/mol. The zero-order valence-electron chi connectivity index (χ0n) is 10.5. The van der Waals surface area contributed by atoms with Gasteiger partial charge in [-0.15, -0.1) is 0 Å². The monoisotopic (exact) mass is 230 g/mol. The van der Waals surface area contributed by atoms with E-state index in [9.17, 15) is 0 Å². The van der Waals surface area contributed by atoms with Gasteiger partial charge in [-0.05, 0) is 27.7 Å². The van der Waals surface area contributed by atoms with Crippen LogP contribution in [0.3, 0.4) is 0 Å². The second-order valence-corrected chi connectivity index (χ2v) is 5.04. The Morgan fingerprint density at radius 2 is 1.19 bits per heavy atom. The smallest absolute Gasteiger partial charge is 0.115 e. The minimum absolute atomic E-state index is 0.0474. The molecule has 0 aliphatic carbocycles. The Kier molecular flexibility index (Phi) is 3.85. The van der Waals surface area contributed by atoms with Crippen molar-refractivity contribution < 1.29 is 18.9 Å². The second kappa shape index (κ2) is 5.00. The molecule has 0 amide bonds. The summed E-state index contributed by atoms with van der Waals surface area (Å²) in [6, 6.07) is 0. The van der Waals surface area contributed by atoms with E-state index < -0.39 is 0 Å². The van der Waals surface area contributed by atoms with E-state index in [-0.39, 0.29) is 36.6 Å². The van der Waals surface area contributed by atoms with E-state index >= 15 is 0 Å². The number of ether oxygens (including phenoxy) is 4. The van der Waals surface area contributed by atoms with Gasteiger partial charge in [0.2, 0.25) is 0 Å². The number of rotatable bonds is 4. The van der Waals surface area contributed by atoms with Crippen molar-refractivity contribution in [3.8, 4) is 0 Å². The van der Waals surface area contributed by atoms with Gasteiger partial charge in [-0.25, -0.2) is 0 Å². The van der Waals surface area contributed by atoms with Crippen LogP contribution in [-0.2, 0) is 18.9 Å². The highest BCUT2D eigenvalue weighted by molar-refractivity contribution is 4.96. The van der Waals surface area contributed by atoms with Crippen molar-refractivity contribution in [1.82, 2.24) is 0 Å². The molecule has 2 saturated heterocycles. The fraction of sp³-hybridized carbons (Fsp3) is 1.00. The molecule has 0 aromatic heterocycles. The SMILES string of the molecule is CC(C)O[C@H]1CO[C@H]2[C@H]1OC[C@@H]2OC(C)C. The number of hydrogen-bond donors (Lipinski definition) is 0. The van der Waals surface area contributed by atoms with Crippen LogP contribution in [0.25, 0.3) is 0 Å². The first-order valence-electron chi connectivity index (χ1n) is 6.12. The van der Waals surface area contributed by atoms with Gasteiger partial charge in [-0.2, -0.15) is 0 Å². The van der Waals surface area contributed by atoms with E-state index in [1.807, 2.05) is 27.7 Å². The first-order valence-corrected chi connectivity index (χ1v) is 6.12. The molecule has 16 heavy (non-hydrogen) atoms. The van der Waals surface area contributed by atoms with Gasteiger partial charge in [-0.3, -0.25) is 0 Å². The standard InChI is InChI=1S/C12H22O4/c1-7(2)15-9-5-13-12-10(16-8(3)4)6-14-11(9)12/h7-12H,5-6H2,1-4H3/t9-,10-,11-,12+/m0/s1. The molecular weight excluding hydrogens is 208 g/mol. The Balaban J connectivity index is 1.90. The lowest BCUT2D eigenvalue weighted by Gasteiger charge is -2.19. The van der Waals surface area contributed by atoms with E-state index in [4.69, 9.17) is 18.9 Å². The minimum atomic E-state index is 0.0474. The van der Waals surface area contributed by atoms with Crippen LogP contribution >= 0.6 is 0 Å².